The molecule has 2 aromatic rings. The van der Waals surface area contributed by atoms with E-state index in [2.05, 4.69) is 0 Å². The number of nitro benzene ring substituents is 1. The lowest BCUT2D eigenvalue weighted by molar-refractivity contribution is -0.385. The average molecular weight is 394 g/mol. The largest absolute Gasteiger partial charge is 0.497 e. The number of non-ortho nitro benzene ring substituents is 1. The normalized spacial score (nSPS) is 11.0. The molecule has 27 heavy (non-hydrogen) atoms. The Morgan fingerprint density at radius 1 is 1.22 bits per heavy atom. The van der Waals surface area contributed by atoms with E-state index in [1.165, 1.54) is 37.4 Å². The molecule has 0 saturated carbocycles. The zero-order valence-electron chi connectivity index (χ0n) is 14.4. The Labute approximate surface area is 156 Å². The van der Waals surface area contributed by atoms with Gasteiger partial charge in [-0.2, -0.15) is 0 Å². The van der Waals surface area contributed by atoms with Gasteiger partial charge in [-0.15, -0.1) is 0 Å². The monoisotopic (exact) mass is 394 g/mol. The maximum atomic E-state index is 13.1. The van der Waals surface area contributed by atoms with Gasteiger partial charge in [0.15, 0.2) is 0 Å². The molecule has 0 spiro atoms. The minimum absolute atomic E-state index is 0.0789. The first-order valence-corrected chi connectivity index (χ1v) is 9.33. The highest BCUT2D eigenvalue weighted by atomic mass is 32.2. The molecule has 0 unspecified atom stereocenters. The van der Waals surface area contributed by atoms with Gasteiger partial charge in [0.1, 0.15) is 5.75 Å². The van der Waals surface area contributed by atoms with Gasteiger partial charge in [-0.3, -0.25) is 19.2 Å². The van der Waals surface area contributed by atoms with Crippen LogP contribution in [0.3, 0.4) is 0 Å². The van der Waals surface area contributed by atoms with E-state index in [1.807, 2.05) is 0 Å². The van der Waals surface area contributed by atoms with E-state index in [0.717, 1.165) is 10.4 Å². The van der Waals surface area contributed by atoms with Crippen LogP contribution in [0.2, 0.25) is 0 Å². The number of anilines is 1. The highest BCUT2D eigenvalue weighted by molar-refractivity contribution is 7.92. The topological polar surface area (TPSA) is 127 Å². The molecule has 0 aliphatic carbocycles. The first-order chi connectivity index (χ1) is 12.8. The van der Waals surface area contributed by atoms with Gasteiger partial charge in [-0.25, -0.2) is 8.42 Å². The summed E-state index contributed by atoms with van der Waals surface area (Å²) < 4.78 is 32.2. The van der Waals surface area contributed by atoms with Crippen LogP contribution in [0.5, 0.6) is 5.75 Å². The molecule has 0 atom stereocenters. The summed E-state index contributed by atoms with van der Waals surface area (Å²) in [5, 5.41) is 19.8. The number of sulfonamides is 1. The van der Waals surface area contributed by atoms with E-state index < -0.39 is 20.9 Å². The van der Waals surface area contributed by atoms with Gasteiger partial charge < -0.3 is 9.84 Å². The number of carbonyl (C=O) groups is 1. The van der Waals surface area contributed by atoms with Gasteiger partial charge in [0.2, 0.25) is 0 Å². The zero-order chi connectivity index (χ0) is 20.0. The standard InChI is InChI=1S/C17H18N2O7S/c1-26-15-9-7-13(8-10-15)18(11-3-6-17(20)21)27(24,25)16-5-2-4-14(12-16)19(22)23/h2,4-5,7-10,12H,3,6,11H2,1H3,(H,20,21). The number of methoxy groups -OCH3 is 1. The summed E-state index contributed by atoms with van der Waals surface area (Å²) >= 11 is 0. The van der Waals surface area contributed by atoms with Crippen molar-refractivity contribution in [3.63, 3.8) is 0 Å². The van der Waals surface area contributed by atoms with Gasteiger partial charge >= 0.3 is 5.97 Å². The Morgan fingerprint density at radius 2 is 1.89 bits per heavy atom. The van der Waals surface area contributed by atoms with Crippen molar-refractivity contribution in [3.8, 4) is 5.75 Å². The molecule has 1 N–H and O–H groups in total. The number of rotatable bonds is 9. The van der Waals surface area contributed by atoms with Crippen LogP contribution in [0, 0.1) is 10.1 Å². The summed E-state index contributed by atoms with van der Waals surface area (Å²) in [6.45, 7) is -0.0936. The fraction of sp³-hybridized carbons (Fsp3) is 0.235. The molecule has 0 saturated heterocycles. The van der Waals surface area contributed by atoms with Gasteiger partial charge in [-0.05, 0) is 36.8 Å². The maximum Gasteiger partial charge on any atom is 0.303 e. The lowest BCUT2D eigenvalue weighted by Gasteiger charge is -2.24. The van der Waals surface area contributed by atoms with Crippen molar-refractivity contribution in [2.45, 2.75) is 17.7 Å². The third-order valence-corrected chi connectivity index (χ3v) is 5.55. The van der Waals surface area contributed by atoms with Crippen LogP contribution in [0.15, 0.2) is 53.4 Å². The van der Waals surface area contributed by atoms with E-state index in [-0.39, 0.29) is 30.0 Å². The Morgan fingerprint density at radius 3 is 2.44 bits per heavy atom. The molecular weight excluding hydrogens is 376 g/mol. The number of hydrogen-bond acceptors (Lipinski definition) is 6. The van der Waals surface area contributed by atoms with Crippen molar-refractivity contribution in [1.29, 1.82) is 0 Å². The molecule has 0 aliphatic heterocycles. The van der Waals surface area contributed by atoms with Crippen molar-refractivity contribution in [2.75, 3.05) is 18.0 Å². The van der Waals surface area contributed by atoms with E-state index >= 15 is 0 Å². The van der Waals surface area contributed by atoms with E-state index in [9.17, 15) is 23.3 Å². The number of aliphatic carboxylic acids is 1. The van der Waals surface area contributed by atoms with Crippen LogP contribution < -0.4 is 9.04 Å². The third kappa shape index (κ3) is 4.94. The van der Waals surface area contributed by atoms with Crippen LogP contribution in [-0.4, -0.2) is 38.1 Å². The highest BCUT2D eigenvalue weighted by Gasteiger charge is 2.26. The first kappa shape index (κ1) is 20.2. The second kappa shape index (κ2) is 8.49. The summed E-state index contributed by atoms with van der Waals surface area (Å²) in [6, 6.07) is 10.9. The highest BCUT2D eigenvalue weighted by Crippen LogP contribution is 2.28. The van der Waals surface area contributed by atoms with Gasteiger partial charge in [0.25, 0.3) is 15.7 Å². The van der Waals surface area contributed by atoms with Crippen LogP contribution in [0.25, 0.3) is 0 Å². The molecule has 0 aliphatic rings. The molecule has 0 amide bonds. The summed E-state index contributed by atoms with van der Waals surface area (Å²) in [4.78, 5) is 20.8. The van der Waals surface area contributed by atoms with Crippen LogP contribution in [-0.2, 0) is 14.8 Å². The summed E-state index contributed by atoms with van der Waals surface area (Å²) in [5.41, 5.74) is -0.0519. The number of nitrogens with zero attached hydrogens (tertiary/aromatic N) is 2. The number of ether oxygens (including phenoxy) is 1. The van der Waals surface area contributed by atoms with Crippen molar-refractivity contribution < 1.29 is 28.0 Å². The molecule has 0 fully saturated rings. The van der Waals surface area contributed by atoms with E-state index in [1.54, 1.807) is 12.1 Å². The minimum atomic E-state index is -4.13. The second-order valence-corrected chi connectivity index (χ2v) is 7.39. The molecule has 9 nitrogen and oxygen atoms in total. The molecule has 2 aromatic carbocycles. The Bertz CT molecular complexity index is 927. The molecule has 10 heteroatoms. The smallest absolute Gasteiger partial charge is 0.303 e. The number of benzene rings is 2. The van der Waals surface area contributed by atoms with Crippen molar-refractivity contribution in [2.24, 2.45) is 0 Å². The molecule has 2 rings (SSSR count). The summed E-state index contributed by atoms with van der Waals surface area (Å²) in [5.74, 6) is -0.519. The summed E-state index contributed by atoms with van der Waals surface area (Å²) in [7, 11) is -2.66. The number of hydrogen-bond donors (Lipinski definition) is 1. The second-order valence-electron chi connectivity index (χ2n) is 5.53. The fourth-order valence-electron chi connectivity index (χ4n) is 2.40. The van der Waals surface area contributed by atoms with E-state index in [0.29, 0.717) is 11.4 Å². The fourth-order valence-corrected chi connectivity index (χ4v) is 3.94. The molecule has 0 aromatic heterocycles. The molecule has 0 bridgehead atoms. The predicted molar refractivity (Wildman–Crippen MR) is 97.5 cm³/mol. The quantitative estimate of drug-likeness (QED) is 0.511. The Balaban J connectivity index is 2.44. The van der Waals surface area contributed by atoms with Crippen LogP contribution >= 0.6 is 0 Å². The number of carboxylic acid groups (broad SMARTS) is 1. The number of carboxylic acids is 1. The van der Waals surface area contributed by atoms with Crippen LogP contribution in [0.4, 0.5) is 11.4 Å². The zero-order valence-corrected chi connectivity index (χ0v) is 15.3. The summed E-state index contributed by atoms with van der Waals surface area (Å²) in [6.07, 6.45) is -0.132. The van der Waals surface area contributed by atoms with Crippen molar-refractivity contribution >= 4 is 27.4 Å². The molecule has 0 heterocycles. The van der Waals surface area contributed by atoms with Crippen LogP contribution in [0.1, 0.15) is 12.8 Å². The maximum absolute atomic E-state index is 13.1. The molecular formula is C17H18N2O7S. The Hall–Kier alpha value is -3.14. The Kier molecular flexibility index (Phi) is 6.35. The third-order valence-electron chi connectivity index (χ3n) is 3.73. The molecule has 0 radical (unpaired) electrons. The minimum Gasteiger partial charge on any atom is -0.497 e. The average Bonchev–Trinajstić information content (AvgIpc) is 2.65. The van der Waals surface area contributed by atoms with Gasteiger partial charge in [0, 0.05) is 25.1 Å². The van der Waals surface area contributed by atoms with Crippen molar-refractivity contribution in [1.82, 2.24) is 0 Å². The van der Waals surface area contributed by atoms with E-state index in [4.69, 9.17) is 9.84 Å². The van der Waals surface area contributed by atoms with Crippen molar-refractivity contribution in [3.05, 3.63) is 58.6 Å². The lowest BCUT2D eigenvalue weighted by Crippen LogP contribution is -2.32. The predicted octanol–water partition coefficient (Wildman–Crippen LogP) is 2.66. The van der Waals surface area contributed by atoms with Gasteiger partial charge in [-0.1, -0.05) is 6.07 Å². The first-order valence-electron chi connectivity index (χ1n) is 7.89. The number of nitro groups is 1. The van der Waals surface area contributed by atoms with Gasteiger partial charge in [0.05, 0.1) is 22.6 Å². The lowest BCUT2D eigenvalue weighted by atomic mass is 10.2. The SMILES string of the molecule is COc1ccc(N(CCCC(=O)O)S(=O)(=O)c2cccc([N+](=O)[O-])c2)cc1. The molecule has 144 valence electrons.